The quantitative estimate of drug-likeness (QED) is 0.847. The Labute approximate surface area is 142 Å². The van der Waals surface area contributed by atoms with Crippen molar-refractivity contribution in [3.05, 3.63) is 70.7 Å². The van der Waals surface area contributed by atoms with Crippen LogP contribution in [0.5, 0.6) is 0 Å². The minimum absolute atomic E-state index is 0.0793. The average molecular weight is 332 g/mol. The van der Waals surface area contributed by atoms with Crippen LogP contribution in [0.1, 0.15) is 37.3 Å². The summed E-state index contributed by atoms with van der Waals surface area (Å²) in [5.74, 6) is -0.178. The minimum Gasteiger partial charge on any atom is -0.394 e. The molecule has 0 bridgehead atoms. The maximum Gasteiger partial charge on any atom is 0.221 e. The monoisotopic (exact) mass is 331 g/mol. The van der Waals surface area contributed by atoms with Crippen molar-refractivity contribution in [1.29, 1.82) is 0 Å². The highest BCUT2D eigenvalue weighted by molar-refractivity contribution is 6.30. The third kappa shape index (κ3) is 5.08. The van der Waals surface area contributed by atoms with Crippen molar-refractivity contribution in [2.24, 2.45) is 0 Å². The van der Waals surface area contributed by atoms with Gasteiger partial charge in [-0.2, -0.15) is 0 Å². The van der Waals surface area contributed by atoms with E-state index in [4.69, 9.17) is 11.6 Å². The standard InChI is InChI=1S/C19H22ClNO2/c1-19(2,13-22)21-18(23)12-17(14-7-4-3-5-8-14)15-9-6-10-16(20)11-15/h3-11,17,22H,12-13H2,1-2H3,(H,21,23). The van der Waals surface area contributed by atoms with Gasteiger partial charge in [0.05, 0.1) is 12.1 Å². The molecule has 122 valence electrons. The molecule has 2 aromatic rings. The van der Waals surface area contributed by atoms with E-state index >= 15 is 0 Å². The minimum atomic E-state index is -0.632. The van der Waals surface area contributed by atoms with E-state index in [0.29, 0.717) is 11.4 Å². The molecule has 1 amide bonds. The third-order valence-corrected chi connectivity index (χ3v) is 3.95. The summed E-state index contributed by atoms with van der Waals surface area (Å²) in [5.41, 5.74) is 1.43. The molecule has 0 spiro atoms. The zero-order valence-corrected chi connectivity index (χ0v) is 14.2. The van der Waals surface area contributed by atoms with Crippen molar-refractivity contribution in [3.63, 3.8) is 0 Å². The molecule has 0 fully saturated rings. The highest BCUT2D eigenvalue weighted by atomic mass is 35.5. The van der Waals surface area contributed by atoms with Gasteiger partial charge in [0.15, 0.2) is 0 Å². The zero-order chi connectivity index (χ0) is 16.9. The summed E-state index contributed by atoms with van der Waals surface area (Å²) in [6.07, 6.45) is 0.299. The van der Waals surface area contributed by atoms with Gasteiger partial charge in [-0.15, -0.1) is 0 Å². The van der Waals surface area contributed by atoms with Crippen molar-refractivity contribution < 1.29 is 9.90 Å². The number of amides is 1. The average Bonchev–Trinajstić information content (AvgIpc) is 2.53. The molecule has 0 saturated carbocycles. The lowest BCUT2D eigenvalue weighted by atomic mass is 9.88. The lowest BCUT2D eigenvalue weighted by Crippen LogP contribution is -2.46. The number of halogens is 1. The van der Waals surface area contributed by atoms with E-state index in [2.05, 4.69) is 5.32 Å². The van der Waals surface area contributed by atoms with Crippen LogP contribution in [-0.4, -0.2) is 23.2 Å². The molecule has 0 radical (unpaired) electrons. The van der Waals surface area contributed by atoms with Gasteiger partial charge in [-0.25, -0.2) is 0 Å². The van der Waals surface area contributed by atoms with Crippen molar-refractivity contribution >= 4 is 17.5 Å². The number of benzene rings is 2. The van der Waals surface area contributed by atoms with Crippen LogP contribution in [0.2, 0.25) is 5.02 Å². The fourth-order valence-electron chi connectivity index (χ4n) is 2.49. The molecule has 2 rings (SSSR count). The fraction of sp³-hybridized carbons (Fsp3) is 0.316. The summed E-state index contributed by atoms with van der Waals surface area (Å²) in [5, 5.41) is 12.8. The van der Waals surface area contributed by atoms with Crippen LogP contribution in [0.4, 0.5) is 0 Å². The summed E-state index contributed by atoms with van der Waals surface area (Å²) in [6.45, 7) is 3.48. The van der Waals surface area contributed by atoms with E-state index in [0.717, 1.165) is 11.1 Å². The van der Waals surface area contributed by atoms with E-state index in [1.807, 2.05) is 54.6 Å². The first-order chi connectivity index (χ1) is 10.9. The molecular formula is C19H22ClNO2. The Hall–Kier alpha value is -1.84. The molecule has 3 nitrogen and oxygen atoms in total. The molecule has 1 atom stereocenters. The normalized spacial score (nSPS) is 12.7. The molecule has 0 aliphatic heterocycles. The maximum absolute atomic E-state index is 12.4. The van der Waals surface area contributed by atoms with E-state index < -0.39 is 5.54 Å². The number of carbonyl (C=O) groups excluding carboxylic acids is 1. The molecule has 0 heterocycles. The smallest absolute Gasteiger partial charge is 0.221 e. The van der Waals surface area contributed by atoms with Gasteiger partial charge < -0.3 is 10.4 Å². The van der Waals surface area contributed by atoms with Crippen molar-refractivity contribution in [2.45, 2.75) is 31.7 Å². The summed E-state index contributed by atoms with van der Waals surface area (Å²) >= 11 is 6.11. The Bertz CT molecular complexity index is 655. The van der Waals surface area contributed by atoms with Crippen LogP contribution >= 0.6 is 11.6 Å². The van der Waals surface area contributed by atoms with E-state index in [-0.39, 0.29) is 18.4 Å². The summed E-state index contributed by atoms with van der Waals surface area (Å²) in [6, 6.07) is 17.5. The molecule has 2 N–H and O–H groups in total. The van der Waals surface area contributed by atoms with Crippen LogP contribution in [0.3, 0.4) is 0 Å². The Morgan fingerprint density at radius 2 is 1.78 bits per heavy atom. The van der Waals surface area contributed by atoms with Crippen LogP contribution in [0.25, 0.3) is 0 Å². The van der Waals surface area contributed by atoms with Crippen LogP contribution in [0, 0.1) is 0 Å². The SMILES string of the molecule is CC(C)(CO)NC(=O)CC(c1ccccc1)c1cccc(Cl)c1. The molecule has 2 aromatic carbocycles. The second-order valence-corrected chi connectivity index (χ2v) is 6.75. The number of aliphatic hydroxyl groups is 1. The Kier molecular flexibility index (Phi) is 5.80. The summed E-state index contributed by atoms with van der Waals surface area (Å²) < 4.78 is 0. The number of rotatable bonds is 6. The van der Waals surface area contributed by atoms with E-state index in [9.17, 15) is 9.90 Å². The summed E-state index contributed by atoms with van der Waals surface area (Å²) in [7, 11) is 0. The third-order valence-electron chi connectivity index (χ3n) is 3.72. The first-order valence-corrected chi connectivity index (χ1v) is 8.01. The molecular weight excluding hydrogens is 310 g/mol. The predicted octanol–water partition coefficient (Wildman–Crippen LogP) is 3.75. The first kappa shape index (κ1) is 17.5. The van der Waals surface area contributed by atoms with Gasteiger partial charge in [-0.1, -0.05) is 54.1 Å². The molecule has 23 heavy (non-hydrogen) atoms. The number of nitrogens with one attached hydrogen (secondary N) is 1. The number of hydrogen-bond acceptors (Lipinski definition) is 2. The highest BCUT2D eigenvalue weighted by Crippen LogP contribution is 2.29. The van der Waals surface area contributed by atoms with Gasteiger partial charge in [0.25, 0.3) is 0 Å². The summed E-state index contributed by atoms with van der Waals surface area (Å²) in [4.78, 5) is 12.4. The molecule has 0 aromatic heterocycles. The molecule has 4 heteroatoms. The molecule has 0 saturated heterocycles. The Morgan fingerprint density at radius 1 is 1.13 bits per heavy atom. The lowest BCUT2D eigenvalue weighted by molar-refractivity contribution is -0.123. The second-order valence-electron chi connectivity index (χ2n) is 6.31. The van der Waals surface area contributed by atoms with E-state index in [1.54, 1.807) is 13.8 Å². The Morgan fingerprint density at radius 3 is 2.39 bits per heavy atom. The molecule has 1 unspecified atom stereocenters. The predicted molar refractivity (Wildman–Crippen MR) is 93.7 cm³/mol. The van der Waals surface area contributed by atoms with Crippen molar-refractivity contribution in [3.8, 4) is 0 Å². The lowest BCUT2D eigenvalue weighted by Gasteiger charge is -2.25. The van der Waals surface area contributed by atoms with Gasteiger partial charge in [0, 0.05) is 17.4 Å². The number of aliphatic hydroxyl groups excluding tert-OH is 1. The molecule has 0 aliphatic rings. The van der Waals surface area contributed by atoms with Crippen molar-refractivity contribution in [1.82, 2.24) is 5.32 Å². The maximum atomic E-state index is 12.4. The topological polar surface area (TPSA) is 49.3 Å². The van der Waals surface area contributed by atoms with Crippen molar-refractivity contribution in [2.75, 3.05) is 6.61 Å². The van der Waals surface area contributed by atoms with Gasteiger partial charge in [-0.3, -0.25) is 4.79 Å². The molecule has 0 aliphatic carbocycles. The zero-order valence-electron chi connectivity index (χ0n) is 13.4. The van der Waals surface area contributed by atoms with Gasteiger partial charge in [0.2, 0.25) is 5.91 Å². The number of carbonyl (C=O) groups is 1. The number of hydrogen-bond donors (Lipinski definition) is 2. The van der Waals surface area contributed by atoms with Gasteiger partial charge in [0.1, 0.15) is 0 Å². The van der Waals surface area contributed by atoms with Crippen LogP contribution < -0.4 is 5.32 Å². The van der Waals surface area contributed by atoms with Crippen LogP contribution in [0.15, 0.2) is 54.6 Å². The fourth-order valence-corrected chi connectivity index (χ4v) is 2.69. The second kappa shape index (κ2) is 7.62. The van der Waals surface area contributed by atoms with Crippen LogP contribution in [-0.2, 0) is 4.79 Å². The highest BCUT2D eigenvalue weighted by Gasteiger charge is 2.23. The van der Waals surface area contributed by atoms with Gasteiger partial charge >= 0.3 is 0 Å². The Balaban J connectivity index is 2.26. The van der Waals surface area contributed by atoms with E-state index in [1.165, 1.54) is 0 Å². The first-order valence-electron chi connectivity index (χ1n) is 7.63. The largest absolute Gasteiger partial charge is 0.394 e. The van der Waals surface area contributed by atoms with Gasteiger partial charge in [-0.05, 0) is 37.1 Å².